The zero-order valence-electron chi connectivity index (χ0n) is 15.3. The van der Waals surface area contributed by atoms with Crippen LogP contribution in [0.3, 0.4) is 0 Å². The number of amides is 2. The second-order valence-corrected chi connectivity index (χ2v) is 6.89. The Labute approximate surface area is 173 Å². The summed E-state index contributed by atoms with van der Waals surface area (Å²) in [6.45, 7) is 1.45. The minimum atomic E-state index is -0.559. The van der Waals surface area contributed by atoms with Gasteiger partial charge in [-0.15, -0.1) is 0 Å². The lowest BCUT2D eigenvalue weighted by Crippen LogP contribution is -2.21. The van der Waals surface area contributed by atoms with E-state index in [4.69, 9.17) is 27.9 Å². The molecule has 2 N–H and O–H groups in total. The number of esters is 1. The van der Waals surface area contributed by atoms with Gasteiger partial charge < -0.3 is 15.4 Å². The summed E-state index contributed by atoms with van der Waals surface area (Å²) < 4.78 is 4.91. The molecular weight excluding hydrogens is 403 g/mol. The molecule has 0 bridgehead atoms. The largest absolute Gasteiger partial charge is 0.456 e. The van der Waals surface area contributed by atoms with E-state index < -0.39 is 18.5 Å². The number of para-hydroxylation sites is 1. The summed E-state index contributed by atoms with van der Waals surface area (Å²) in [6.07, 6.45) is 0.526. The second-order valence-electron chi connectivity index (χ2n) is 6.05. The molecule has 0 aliphatic rings. The van der Waals surface area contributed by atoms with Gasteiger partial charge in [0.15, 0.2) is 6.61 Å². The molecule has 2 amide bonds. The molecule has 28 heavy (non-hydrogen) atoms. The van der Waals surface area contributed by atoms with Gasteiger partial charge in [0.2, 0.25) is 5.91 Å². The Hall–Kier alpha value is -2.57. The van der Waals surface area contributed by atoms with Crippen LogP contribution >= 0.6 is 23.2 Å². The maximum atomic E-state index is 11.9. The zero-order valence-corrected chi connectivity index (χ0v) is 16.8. The van der Waals surface area contributed by atoms with Gasteiger partial charge in [0.05, 0.1) is 10.7 Å². The van der Waals surface area contributed by atoms with Crippen LogP contribution in [0.4, 0.5) is 11.4 Å². The normalized spacial score (nSPS) is 10.2. The maximum Gasteiger partial charge on any atom is 0.306 e. The molecule has 148 valence electrons. The number of hydrogen-bond acceptors (Lipinski definition) is 4. The first-order chi connectivity index (χ1) is 13.3. The number of anilines is 2. The molecule has 2 aromatic carbocycles. The Balaban J connectivity index is 1.67. The average Bonchev–Trinajstić information content (AvgIpc) is 2.65. The minimum Gasteiger partial charge on any atom is -0.456 e. The van der Waals surface area contributed by atoms with Crippen molar-refractivity contribution in [3.8, 4) is 0 Å². The van der Waals surface area contributed by atoms with Gasteiger partial charge in [-0.2, -0.15) is 0 Å². The quantitative estimate of drug-likeness (QED) is 0.609. The van der Waals surface area contributed by atoms with Crippen LogP contribution in [-0.4, -0.2) is 24.4 Å². The molecule has 6 nitrogen and oxygen atoms in total. The average molecular weight is 423 g/mol. The van der Waals surface area contributed by atoms with Gasteiger partial charge in [0.1, 0.15) is 0 Å². The molecule has 0 atom stereocenters. The first-order valence-electron chi connectivity index (χ1n) is 8.61. The Bertz CT molecular complexity index is 871. The van der Waals surface area contributed by atoms with Crippen LogP contribution in [0.25, 0.3) is 0 Å². The fraction of sp³-hybridized carbons (Fsp3) is 0.250. The van der Waals surface area contributed by atoms with Gasteiger partial charge in [0.25, 0.3) is 5.91 Å². The zero-order chi connectivity index (χ0) is 20.5. The first-order valence-corrected chi connectivity index (χ1v) is 9.37. The molecular formula is C20H20Cl2N2O4. The lowest BCUT2D eigenvalue weighted by Gasteiger charge is -2.09. The van der Waals surface area contributed by atoms with E-state index in [2.05, 4.69) is 10.6 Å². The van der Waals surface area contributed by atoms with Crippen LogP contribution in [0, 0.1) is 6.92 Å². The van der Waals surface area contributed by atoms with E-state index in [-0.39, 0.29) is 18.7 Å². The van der Waals surface area contributed by atoms with Crippen LogP contribution in [0.5, 0.6) is 0 Å². The van der Waals surface area contributed by atoms with Crippen molar-refractivity contribution < 1.29 is 19.1 Å². The number of ether oxygens (including phenoxy) is 1. The smallest absolute Gasteiger partial charge is 0.306 e. The summed E-state index contributed by atoms with van der Waals surface area (Å²) in [7, 11) is 0. The number of rotatable bonds is 8. The van der Waals surface area contributed by atoms with E-state index in [0.717, 1.165) is 11.3 Å². The molecule has 0 saturated carbocycles. The van der Waals surface area contributed by atoms with Gasteiger partial charge >= 0.3 is 5.97 Å². The van der Waals surface area contributed by atoms with Crippen molar-refractivity contribution in [3.63, 3.8) is 0 Å². The number of aryl methyl sites for hydroxylation is 1. The molecule has 0 unspecified atom stereocenters. The molecule has 0 radical (unpaired) electrons. The van der Waals surface area contributed by atoms with Crippen LogP contribution in [0.15, 0.2) is 42.5 Å². The monoisotopic (exact) mass is 422 g/mol. The molecule has 0 aromatic heterocycles. The summed E-state index contributed by atoms with van der Waals surface area (Å²) in [4.78, 5) is 35.5. The van der Waals surface area contributed by atoms with Crippen LogP contribution in [0.1, 0.15) is 24.8 Å². The first kappa shape index (κ1) is 21.7. The summed E-state index contributed by atoms with van der Waals surface area (Å²) in [5, 5.41) is 6.05. The van der Waals surface area contributed by atoms with Crippen molar-refractivity contribution in [1.82, 2.24) is 0 Å². The van der Waals surface area contributed by atoms with E-state index in [0.29, 0.717) is 22.2 Å². The molecule has 0 aliphatic carbocycles. The van der Waals surface area contributed by atoms with Gasteiger partial charge in [-0.05, 0) is 43.2 Å². The van der Waals surface area contributed by atoms with E-state index >= 15 is 0 Å². The minimum absolute atomic E-state index is 0.0341. The Morgan fingerprint density at radius 1 is 0.929 bits per heavy atom. The predicted octanol–water partition coefficient (Wildman–Crippen LogP) is 4.59. The van der Waals surface area contributed by atoms with Gasteiger partial charge in [0, 0.05) is 23.6 Å². The predicted molar refractivity (Wildman–Crippen MR) is 110 cm³/mol. The molecule has 0 fully saturated rings. The van der Waals surface area contributed by atoms with E-state index in [1.807, 2.05) is 31.2 Å². The lowest BCUT2D eigenvalue weighted by atomic mass is 10.2. The van der Waals surface area contributed by atoms with E-state index in [9.17, 15) is 14.4 Å². The van der Waals surface area contributed by atoms with Crippen molar-refractivity contribution in [2.75, 3.05) is 17.2 Å². The highest BCUT2D eigenvalue weighted by Gasteiger charge is 2.11. The topological polar surface area (TPSA) is 84.5 Å². The molecule has 0 saturated heterocycles. The second kappa shape index (κ2) is 10.7. The van der Waals surface area contributed by atoms with Crippen molar-refractivity contribution in [3.05, 3.63) is 58.1 Å². The summed E-state index contributed by atoms with van der Waals surface area (Å²) >= 11 is 11.8. The Kier molecular flexibility index (Phi) is 8.29. The Morgan fingerprint density at radius 3 is 2.39 bits per heavy atom. The van der Waals surface area contributed by atoms with E-state index in [1.165, 1.54) is 6.07 Å². The third-order valence-electron chi connectivity index (χ3n) is 3.77. The van der Waals surface area contributed by atoms with Gasteiger partial charge in [-0.1, -0.05) is 41.4 Å². The molecule has 2 aromatic rings. The Morgan fingerprint density at radius 2 is 1.64 bits per heavy atom. The lowest BCUT2D eigenvalue weighted by molar-refractivity contribution is -0.147. The van der Waals surface area contributed by atoms with Gasteiger partial charge in [-0.3, -0.25) is 14.4 Å². The number of hydrogen-bond donors (Lipinski definition) is 2. The summed E-state index contributed by atoms with van der Waals surface area (Å²) in [5.74, 6) is -1.28. The summed E-state index contributed by atoms with van der Waals surface area (Å²) in [5.41, 5.74) is 2.04. The highest BCUT2D eigenvalue weighted by molar-refractivity contribution is 6.35. The molecule has 0 spiro atoms. The van der Waals surface area contributed by atoms with Crippen molar-refractivity contribution >= 4 is 52.4 Å². The fourth-order valence-electron chi connectivity index (χ4n) is 2.32. The standard InChI is InChI=1S/C20H20Cl2N2O4/c1-13-5-2-3-6-16(13)23-18(25)7-4-8-20(27)28-12-19(26)24-17-11-14(21)9-10-15(17)22/h2-3,5-6,9-11H,4,7-8,12H2,1H3,(H,23,25)(H,24,26). The van der Waals surface area contributed by atoms with Crippen molar-refractivity contribution in [2.24, 2.45) is 0 Å². The van der Waals surface area contributed by atoms with Crippen LogP contribution in [-0.2, 0) is 19.1 Å². The molecule has 8 heteroatoms. The van der Waals surface area contributed by atoms with Crippen LogP contribution < -0.4 is 10.6 Å². The van der Waals surface area contributed by atoms with Gasteiger partial charge in [-0.25, -0.2) is 0 Å². The molecule has 2 rings (SSSR count). The number of carbonyl (C=O) groups excluding carboxylic acids is 3. The number of nitrogens with one attached hydrogen (secondary N) is 2. The van der Waals surface area contributed by atoms with Crippen LogP contribution in [0.2, 0.25) is 10.0 Å². The van der Waals surface area contributed by atoms with Crippen molar-refractivity contribution in [2.45, 2.75) is 26.2 Å². The van der Waals surface area contributed by atoms with E-state index in [1.54, 1.807) is 12.1 Å². The molecule has 0 heterocycles. The fourth-order valence-corrected chi connectivity index (χ4v) is 2.65. The number of carbonyl (C=O) groups is 3. The molecule has 0 aliphatic heterocycles. The number of benzene rings is 2. The maximum absolute atomic E-state index is 11.9. The van der Waals surface area contributed by atoms with Crippen molar-refractivity contribution in [1.29, 1.82) is 0 Å². The highest BCUT2D eigenvalue weighted by atomic mass is 35.5. The summed E-state index contributed by atoms with van der Waals surface area (Å²) in [6, 6.07) is 12.1. The third-order valence-corrected chi connectivity index (χ3v) is 4.34. The third kappa shape index (κ3) is 7.21. The number of halogens is 2. The SMILES string of the molecule is Cc1ccccc1NC(=O)CCCC(=O)OCC(=O)Nc1cc(Cl)ccc1Cl. The highest BCUT2D eigenvalue weighted by Crippen LogP contribution is 2.25.